The molecule has 3 aromatic rings. The van der Waals surface area contributed by atoms with Crippen LogP contribution in [0.5, 0.6) is 0 Å². The van der Waals surface area contributed by atoms with Crippen molar-refractivity contribution >= 4 is 34.1 Å². The van der Waals surface area contributed by atoms with Gasteiger partial charge in [-0.05, 0) is 35.9 Å². The van der Waals surface area contributed by atoms with Crippen molar-refractivity contribution in [3.05, 3.63) is 76.6 Å². The van der Waals surface area contributed by atoms with E-state index in [0.29, 0.717) is 0 Å². The average Bonchev–Trinajstić information content (AvgIpc) is 3.41. The minimum atomic E-state index is 0.774. The number of aromatic amines is 1. The van der Waals surface area contributed by atoms with Crippen LogP contribution in [0.25, 0.3) is 16.0 Å². The zero-order valence-corrected chi connectivity index (χ0v) is 16.3. The lowest BCUT2D eigenvalue weighted by molar-refractivity contribution is 0.838. The average molecular weight is 383 g/mol. The van der Waals surface area contributed by atoms with Crippen LogP contribution in [0.3, 0.4) is 0 Å². The lowest BCUT2D eigenvalue weighted by Crippen LogP contribution is -2.22. The molecule has 0 aliphatic carbocycles. The monoisotopic (exact) mass is 382 g/mol. The second-order valence-electron chi connectivity index (χ2n) is 5.49. The Balaban J connectivity index is 1.59. The molecule has 3 N–H and O–H groups in total. The smallest absolute Gasteiger partial charge is 0.130 e. The van der Waals surface area contributed by atoms with E-state index in [1.165, 1.54) is 15.3 Å². The fraction of sp³-hybridized carbons (Fsp3) is 0.150. The first-order chi connectivity index (χ1) is 12.8. The van der Waals surface area contributed by atoms with E-state index in [1.54, 1.807) is 22.7 Å². The number of nitrogens with zero attached hydrogens (tertiary/aromatic N) is 1. The van der Waals surface area contributed by atoms with Crippen LogP contribution in [0.1, 0.15) is 11.8 Å². The van der Waals surface area contributed by atoms with E-state index in [0.717, 1.165) is 30.2 Å². The van der Waals surface area contributed by atoms with Crippen LogP contribution in [-0.4, -0.2) is 23.3 Å². The summed E-state index contributed by atoms with van der Waals surface area (Å²) in [5, 5.41) is 18.3. The number of thiophene rings is 2. The second kappa shape index (κ2) is 9.22. The molecule has 0 fully saturated rings. The SMILES string of the molecule is C=C/C=C(NCCNc1[nH]ncc1-c1cccs1)/C(=C\C)c1cccs1. The summed E-state index contributed by atoms with van der Waals surface area (Å²) >= 11 is 3.45. The molecule has 3 aromatic heterocycles. The van der Waals surface area contributed by atoms with E-state index in [9.17, 15) is 0 Å². The van der Waals surface area contributed by atoms with Crippen LogP contribution in [0, 0.1) is 0 Å². The summed E-state index contributed by atoms with van der Waals surface area (Å²) in [6, 6.07) is 8.35. The number of aromatic nitrogens is 2. The van der Waals surface area contributed by atoms with Crippen LogP contribution in [0.15, 0.2) is 71.7 Å². The molecule has 0 amide bonds. The molecule has 0 saturated carbocycles. The molecule has 3 heterocycles. The number of hydrogen-bond acceptors (Lipinski definition) is 5. The first-order valence-corrected chi connectivity index (χ1v) is 10.2. The molecule has 6 heteroatoms. The topological polar surface area (TPSA) is 52.7 Å². The van der Waals surface area contributed by atoms with Crippen molar-refractivity contribution < 1.29 is 0 Å². The van der Waals surface area contributed by atoms with E-state index < -0.39 is 0 Å². The summed E-state index contributed by atoms with van der Waals surface area (Å²) in [7, 11) is 0. The Labute approximate surface area is 162 Å². The number of rotatable bonds is 9. The fourth-order valence-corrected chi connectivity index (χ4v) is 4.21. The third kappa shape index (κ3) is 4.33. The molecular formula is C20H22N4S2. The molecule has 4 nitrogen and oxygen atoms in total. The Kier molecular flexibility index (Phi) is 6.46. The predicted octanol–water partition coefficient (Wildman–Crippen LogP) is 5.37. The Bertz CT molecular complexity index is 871. The molecule has 0 aliphatic heterocycles. The lowest BCUT2D eigenvalue weighted by Gasteiger charge is -2.14. The molecule has 0 radical (unpaired) electrons. The molecule has 0 bridgehead atoms. The standard InChI is InChI=1S/C20H22N4S2/c1-3-7-17(15(4-2)18-8-5-12-25-18)21-10-11-22-20-16(14-23-24-20)19-9-6-13-26-19/h3-9,12-14,21H,1,10-11H2,2H3,(H2,22,23,24)/b15-4+,17-7-. The maximum Gasteiger partial charge on any atom is 0.130 e. The summed E-state index contributed by atoms with van der Waals surface area (Å²) in [5.74, 6) is 0.952. The van der Waals surface area contributed by atoms with Gasteiger partial charge in [0.05, 0.1) is 11.8 Å². The Morgan fingerprint density at radius 2 is 2.08 bits per heavy atom. The van der Waals surface area contributed by atoms with Crippen LogP contribution >= 0.6 is 22.7 Å². The highest BCUT2D eigenvalue weighted by Crippen LogP contribution is 2.29. The van der Waals surface area contributed by atoms with Crippen LogP contribution in [0.2, 0.25) is 0 Å². The summed E-state index contributed by atoms with van der Waals surface area (Å²) < 4.78 is 0. The van der Waals surface area contributed by atoms with Crippen molar-refractivity contribution in [3.8, 4) is 10.4 Å². The van der Waals surface area contributed by atoms with E-state index in [-0.39, 0.29) is 0 Å². The van der Waals surface area contributed by atoms with Crippen molar-refractivity contribution in [1.29, 1.82) is 0 Å². The molecule has 26 heavy (non-hydrogen) atoms. The van der Waals surface area contributed by atoms with Gasteiger partial charge in [0.2, 0.25) is 0 Å². The zero-order chi connectivity index (χ0) is 18.2. The molecule has 0 aliphatic rings. The van der Waals surface area contributed by atoms with E-state index in [2.05, 4.69) is 69.4 Å². The Morgan fingerprint density at radius 1 is 1.23 bits per heavy atom. The van der Waals surface area contributed by atoms with Gasteiger partial charge >= 0.3 is 0 Å². The molecular weight excluding hydrogens is 360 g/mol. The highest BCUT2D eigenvalue weighted by Gasteiger charge is 2.09. The Morgan fingerprint density at radius 3 is 2.77 bits per heavy atom. The van der Waals surface area contributed by atoms with Gasteiger partial charge < -0.3 is 10.6 Å². The highest BCUT2D eigenvalue weighted by molar-refractivity contribution is 7.13. The summed E-state index contributed by atoms with van der Waals surface area (Å²) in [6.07, 6.45) is 7.82. The van der Waals surface area contributed by atoms with Crippen molar-refractivity contribution in [3.63, 3.8) is 0 Å². The summed E-state index contributed by atoms with van der Waals surface area (Å²) in [6.45, 7) is 7.46. The van der Waals surface area contributed by atoms with Gasteiger partial charge in [-0.1, -0.05) is 30.9 Å². The number of allylic oxidation sites excluding steroid dienone is 4. The van der Waals surface area contributed by atoms with Gasteiger partial charge in [0.15, 0.2) is 0 Å². The number of hydrogen-bond donors (Lipinski definition) is 3. The largest absolute Gasteiger partial charge is 0.383 e. The minimum absolute atomic E-state index is 0.774. The van der Waals surface area contributed by atoms with E-state index >= 15 is 0 Å². The normalized spacial score (nSPS) is 12.2. The molecule has 134 valence electrons. The maximum atomic E-state index is 4.16. The zero-order valence-electron chi connectivity index (χ0n) is 14.7. The van der Waals surface area contributed by atoms with Gasteiger partial charge in [-0.15, -0.1) is 22.7 Å². The van der Waals surface area contributed by atoms with Crippen molar-refractivity contribution in [2.24, 2.45) is 0 Å². The maximum absolute atomic E-state index is 4.16. The van der Waals surface area contributed by atoms with Crippen molar-refractivity contribution in [2.45, 2.75) is 6.92 Å². The predicted molar refractivity (Wildman–Crippen MR) is 115 cm³/mol. The highest BCUT2D eigenvalue weighted by atomic mass is 32.1. The molecule has 0 spiro atoms. The van der Waals surface area contributed by atoms with E-state index in [4.69, 9.17) is 0 Å². The first-order valence-electron chi connectivity index (χ1n) is 8.41. The minimum Gasteiger partial charge on any atom is -0.383 e. The fourth-order valence-electron chi connectivity index (χ4n) is 2.65. The summed E-state index contributed by atoms with van der Waals surface area (Å²) in [5.41, 5.74) is 3.38. The van der Waals surface area contributed by atoms with Gasteiger partial charge in [0.25, 0.3) is 0 Å². The third-order valence-corrected chi connectivity index (χ3v) is 5.62. The van der Waals surface area contributed by atoms with Crippen molar-refractivity contribution in [1.82, 2.24) is 15.5 Å². The van der Waals surface area contributed by atoms with Crippen LogP contribution < -0.4 is 10.6 Å². The number of H-pyrrole nitrogens is 1. The third-order valence-electron chi connectivity index (χ3n) is 3.82. The summed E-state index contributed by atoms with van der Waals surface area (Å²) in [4.78, 5) is 2.45. The molecule has 0 unspecified atom stereocenters. The van der Waals surface area contributed by atoms with E-state index in [1.807, 2.05) is 24.4 Å². The molecule has 0 aromatic carbocycles. The molecule has 3 rings (SSSR count). The first kappa shape index (κ1) is 18.2. The Hall–Kier alpha value is -2.57. The van der Waals surface area contributed by atoms with Gasteiger partial charge in [-0.3, -0.25) is 5.10 Å². The number of nitrogens with one attached hydrogen (secondary N) is 3. The van der Waals surface area contributed by atoms with Gasteiger partial charge in [0, 0.05) is 34.1 Å². The number of anilines is 1. The lowest BCUT2D eigenvalue weighted by atomic mass is 10.1. The van der Waals surface area contributed by atoms with Gasteiger partial charge in [0.1, 0.15) is 5.82 Å². The van der Waals surface area contributed by atoms with Crippen LogP contribution in [0.4, 0.5) is 5.82 Å². The molecule has 0 atom stereocenters. The van der Waals surface area contributed by atoms with Crippen molar-refractivity contribution in [2.75, 3.05) is 18.4 Å². The van der Waals surface area contributed by atoms with Crippen LogP contribution in [-0.2, 0) is 0 Å². The quantitative estimate of drug-likeness (QED) is 0.344. The van der Waals surface area contributed by atoms with Gasteiger partial charge in [-0.25, -0.2) is 0 Å². The molecule has 0 saturated heterocycles. The second-order valence-corrected chi connectivity index (χ2v) is 7.38. The van der Waals surface area contributed by atoms with Gasteiger partial charge in [-0.2, -0.15) is 5.10 Å².